The Hall–Kier alpha value is -1.26. The second-order valence-corrected chi connectivity index (χ2v) is 4.43. The molecule has 1 rings (SSSR count). The van der Waals surface area contributed by atoms with Gasteiger partial charge in [0.25, 0.3) is 0 Å². The normalized spacial score (nSPS) is 33.7. The van der Waals surface area contributed by atoms with Crippen LogP contribution in [0.15, 0.2) is 0 Å². The summed E-state index contributed by atoms with van der Waals surface area (Å²) in [6, 6.07) is -1.06. The van der Waals surface area contributed by atoms with Gasteiger partial charge in [0.15, 0.2) is 6.29 Å². The van der Waals surface area contributed by atoms with Crippen LogP contribution < -0.4 is 5.32 Å². The molecule has 0 radical (unpaired) electrons. The zero-order valence-corrected chi connectivity index (χ0v) is 10.9. The summed E-state index contributed by atoms with van der Waals surface area (Å²) >= 11 is 0. The van der Waals surface area contributed by atoms with Gasteiger partial charge in [-0.05, 0) is 0 Å². The van der Waals surface area contributed by atoms with Crippen LogP contribution in [-0.2, 0) is 19.1 Å². The Morgan fingerprint density at radius 3 is 2.40 bits per heavy atom. The number of hydrogen-bond donors (Lipinski definition) is 5. The van der Waals surface area contributed by atoms with Crippen molar-refractivity contribution in [1.29, 1.82) is 0 Å². The summed E-state index contributed by atoms with van der Waals surface area (Å²) in [7, 11) is 1.28. The van der Waals surface area contributed by atoms with Gasteiger partial charge in [0, 0.05) is 13.5 Å². The van der Waals surface area contributed by atoms with E-state index in [-0.39, 0.29) is 12.8 Å². The highest BCUT2D eigenvalue weighted by Gasteiger charge is 2.45. The molecule has 0 bridgehead atoms. The fourth-order valence-electron chi connectivity index (χ4n) is 1.92. The molecule has 0 aromatic heterocycles. The zero-order valence-electron chi connectivity index (χ0n) is 10.9. The minimum Gasteiger partial charge on any atom is -0.481 e. The molecule has 0 spiro atoms. The first-order chi connectivity index (χ1) is 9.40. The number of nitrogens with one attached hydrogen (secondary N) is 1. The van der Waals surface area contributed by atoms with Crippen LogP contribution in [0.3, 0.4) is 0 Å². The number of carboxylic acid groups (broad SMARTS) is 1. The van der Waals surface area contributed by atoms with Crippen molar-refractivity contribution >= 4 is 11.9 Å². The molecule has 0 aliphatic carbocycles. The molecule has 0 aromatic rings. The van der Waals surface area contributed by atoms with Crippen molar-refractivity contribution < 1.29 is 39.5 Å². The number of ether oxygens (including phenoxy) is 2. The molecular formula is C11H19NO8. The Kier molecular flexibility index (Phi) is 6.30. The predicted molar refractivity (Wildman–Crippen MR) is 63.6 cm³/mol. The average molecular weight is 293 g/mol. The van der Waals surface area contributed by atoms with Crippen LogP contribution in [-0.4, -0.2) is 76.7 Å². The van der Waals surface area contributed by atoms with Crippen molar-refractivity contribution in [3.8, 4) is 0 Å². The molecule has 9 nitrogen and oxygen atoms in total. The number of aliphatic hydroxyl groups is 3. The van der Waals surface area contributed by atoms with Gasteiger partial charge >= 0.3 is 5.97 Å². The summed E-state index contributed by atoms with van der Waals surface area (Å²) in [5, 5.41) is 39.5. The molecule has 1 amide bonds. The van der Waals surface area contributed by atoms with E-state index < -0.39 is 49.1 Å². The molecule has 20 heavy (non-hydrogen) atoms. The molecule has 1 aliphatic rings. The number of methoxy groups -OCH3 is 1. The fraction of sp³-hybridized carbons (Fsp3) is 0.818. The van der Waals surface area contributed by atoms with Crippen LogP contribution in [0, 0.1) is 0 Å². The number of amides is 1. The number of carboxylic acids is 1. The Bertz CT molecular complexity index is 347. The molecule has 5 atom stereocenters. The van der Waals surface area contributed by atoms with Crippen LogP contribution in [0.4, 0.5) is 0 Å². The molecule has 1 heterocycles. The van der Waals surface area contributed by atoms with Gasteiger partial charge < -0.3 is 35.2 Å². The monoisotopic (exact) mass is 293 g/mol. The molecule has 9 heteroatoms. The summed E-state index contributed by atoms with van der Waals surface area (Å²) in [6.45, 7) is -0.516. The molecule has 5 N–H and O–H groups in total. The molecule has 3 unspecified atom stereocenters. The van der Waals surface area contributed by atoms with Gasteiger partial charge in [-0.3, -0.25) is 9.59 Å². The van der Waals surface area contributed by atoms with Gasteiger partial charge in [0.05, 0.1) is 13.0 Å². The molecule has 0 aromatic carbocycles. The molecule has 116 valence electrons. The smallest absolute Gasteiger partial charge is 0.303 e. The van der Waals surface area contributed by atoms with Crippen LogP contribution in [0.1, 0.15) is 12.8 Å². The highest BCUT2D eigenvalue weighted by molar-refractivity contribution is 5.80. The second kappa shape index (κ2) is 7.50. The number of carbonyl (C=O) groups is 2. The van der Waals surface area contributed by atoms with Gasteiger partial charge in [-0.2, -0.15) is 0 Å². The summed E-state index contributed by atoms with van der Waals surface area (Å²) in [5.74, 6) is -1.74. The Morgan fingerprint density at radius 2 is 1.90 bits per heavy atom. The van der Waals surface area contributed by atoms with E-state index in [4.69, 9.17) is 19.7 Å². The van der Waals surface area contributed by atoms with E-state index in [1.165, 1.54) is 7.11 Å². The highest BCUT2D eigenvalue weighted by Crippen LogP contribution is 2.21. The summed E-state index contributed by atoms with van der Waals surface area (Å²) in [6.07, 6.45) is -5.50. The fourth-order valence-corrected chi connectivity index (χ4v) is 1.92. The number of carbonyl (C=O) groups excluding carboxylic acids is 1. The summed E-state index contributed by atoms with van der Waals surface area (Å²) in [4.78, 5) is 21.9. The molecule has 0 saturated carbocycles. The molecule has 1 saturated heterocycles. The van der Waals surface area contributed by atoms with Crippen LogP contribution >= 0.6 is 0 Å². The maximum absolute atomic E-state index is 11.6. The van der Waals surface area contributed by atoms with Crippen LogP contribution in [0.25, 0.3) is 0 Å². The SMILES string of the molecule is CO[C@H]1OC(CO)[C@@H](O)C(O)C1NC(=O)CCC(=O)O. The Morgan fingerprint density at radius 1 is 1.25 bits per heavy atom. The van der Waals surface area contributed by atoms with Gasteiger partial charge in [-0.15, -0.1) is 0 Å². The maximum atomic E-state index is 11.6. The van der Waals surface area contributed by atoms with Crippen molar-refractivity contribution in [2.45, 2.75) is 43.5 Å². The summed E-state index contributed by atoms with van der Waals surface area (Å²) < 4.78 is 10.1. The van der Waals surface area contributed by atoms with Crippen molar-refractivity contribution in [1.82, 2.24) is 5.32 Å². The molecular weight excluding hydrogens is 274 g/mol. The number of aliphatic hydroxyl groups excluding tert-OH is 3. The lowest BCUT2D eigenvalue weighted by atomic mass is 9.97. The third kappa shape index (κ3) is 4.12. The van der Waals surface area contributed by atoms with Crippen molar-refractivity contribution in [3.63, 3.8) is 0 Å². The third-order valence-electron chi connectivity index (χ3n) is 3.01. The van der Waals surface area contributed by atoms with Crippen molar-refractivity contribution in [3.05, 3.63) is 0 Å². The van der Waals surface area contributed by atoms with E-state index in [2.05, 4.69) is 5.32 Å². The number of hydrogen-bond acceptors (Lipinski definition) is 7. The van der Waals surface area contributed by atoms with E-state index in [1.807, 2.05) is 0 Å². The van der Waals surface area contributed by atoms with Gasteiger partial charge in [0.1, 0.15) is 24.4 Å². The van der Waals surface area contributed by atoms with Crippen LogP contribution in [0.2, 0.25) is 0 Å². The second-order valence-electron chi connectivity index (χ2n) is 4.43. The first-order valence-electron chi connectivity index (χ1n) is 6.07. The maximum Gasteiger partial charge on any atom is 0.303 e. The molecule has 1 fully saturated rings. The largest absolute Gasteiger partial charge is 0.481 e. The van der Waals surface area contributed by atoms with Crippen molar-refractivity contribution in [2.24, 2.45) is 0 Å². The minimum absolute atomic E-state index is 0.269. The van der Waals surface area contributed by atoms with Gasteiger partial charge in [-0.25, -0.2) is 0 Å². The first kappa shape index (κ1) is 16.8. The quantitative estimate of drug-likeness (QED) is 0.359. The average Bonchev–Trinajstić information content (AvgIpc) is 2.42. The van der Waals surface area contributed by atoms with E-state index in [9.17, 15) is 19.8 Å². The highest BCUT2D eigenvalue weighted by atomic mass is 16.7. The van der Waals surface area contributed by atoms with Gasteiger partial charge in [0.2, 0.25) is 5.91 Å². The Labute approximate surface area is 115 Å². The van der Waals surface area contributed by atoms with E-state index in [0.29, 0.717) is 0 Å². The Balaban J connectivity index is 2.65. The standard InChI is InChI=1S/C11H19NO8/c1-19-11-8(12-6(14)2-3-7(15)16)10(18)9(17)5(4-13)20-11/h5,8-11,13,17-18H,2-4H2,1H3,(H,12,14)(H,15,16)/t5?,8?,9-,10?,11+/m1/s1. The lowest BCUT2D eigenvalue weighted by Crippen LogP contribution is -2.64. The summed E-state index contributed by atoms with van der Waals surface area (Å²) in [5.41, 5.74) is 0. The van der Waals surface area contributed by atoms with Crippen molar-refractivity contribution in [2.75, 3.05) is 13.7 Å². The zero-order chi connectivity index (χ0) is 15.3. The first-order valence-corrected chi connectivity index (χ1v) is 6.07. The number of aliphatic carboxylic acids is 1. The number of rotatable bonds is 6. The molecule has 1 aliphatic heterocycles. The third-order valence-corrected chi connectivity index (χ3v) is 3.01. The van der Waals surface area contributed by atoms with E-state index in [0.717, 1.165) is 0 Å². The van der Waals surface area contributed by atoms with Gasteiger partial charge in [-0.1, -0.05) is 0 Å². The lowest BCUT2D eigenvalue weighted by molar-refractivity contribution is -0.262. The predicted octanol–water partition coefficient (Wildman–Crippen LogP) is -2.58. The minimum atomic E-state index is -1.40. The lowest BCUT2D eigenvalue weighted by Gasteiger charge is -2.41. The van der Waals surface area contributed by atoms with E-state index >= 15 is 0 Å². The van der Waals surface area contributed by atoms with Crippen LogP contribution in [0.5, 0.6) is 0 Å². The van der Waals surface area contributed by atoms with E-state index in [1.54, 1.807) is 0 Å². The topological polar surface area (TPSA) is 146 Å².